The van der Waals surface area contributed by atoms with Crippen LogP contribution in [0.2, 0.25) is 0 Å². The molecule has 1 aromatic heterocycles. The van der Waals surface area contributed by atoms with Crippen LogP contribution in [0.5, 0.6) is 11.5 Å². The number of nitrogens with one attached hydrogen (secondary N) is 1. The first kappa shape index (κ1) is 33.8. The van der Waals surface area contributed by atoms with Crippen molar-refractivity contribution in [2.45, 2.75) is 91.9 Å². The van der Waals surface area contributed by atoms with Gasteiger partial charge in [0, 0.05) is 17.7 Å². The van der Waals surface area contributed by atoms with Gasteiger partial charge in [-0.25, -0.2) is 4.68 Å². The van der Waals surface area contributed by atoms with E-state index >= 15 is 0 Å². The first-order valence-electron chi connectivity index (χ1n) is 16.3. The highest BCUT2D eigenvalue weighted by Gasteiger charge is 2.26. The van der Waals surface area contributed by atoms with E-state index in [-0.39, 0.29) is 16.7 Å². The summed E-state index contributed by atoms with van der Waals surface area (Å²) in [5, 5.41) is 7.99. The summed E-state index contributed by atoms with van der Waals surface area (Å²) >= 11 is 0. The fourth-order valence-electron chi connectivity index (χ4n) is 5.37. The van der Waals surface area contributed by atoms with Crippen LogP contribution in [0.15, 0.2) is 66.7 Å². The number of hydrogen-bond acceptors (Lipinski definition) is 4. The standard InChI is InChI=1S/C39H51N3O3/c1-10-38(5,6)30-17-21-36(32(25-30)39(7,8)11-2)45-23-13-12-22-40-37(43)35-26-33(29-15-18-31(44-9)19-16-29)41-42(35)34-20-14-27(3)24-28(34)4/h14-21,24-26H,10-13,22-23H2,1-9H3,(H,40,43). The lowest BCUT2D eigenvalue weighted by Gasteiger charge is -2.30. The number of carbonyl (C=O) groups is 1. The Hall–Kier alpha value is -4.06. The molecule has 0 saturated heterocycles. The van der Waals surface area contributed by atoms with Gasteiger partial charge < -0.3 is 14.8 Å². The number of hydrogen-bond donors (Lipinski definition) is 1. The second-order valence-electron chi connectivity index (χ2n) is 13.3. The predicted octanol–water partition coefficient (Wildman–Crippen LogP) is 9.13. The molecule has 0 atom stereocenters. The Bertz CT molecular complexity index is 1600. The number of aromatic nitrogens is 2. The number of carbonyl (C=O) groups excluding carboxylic acids is 1. The van der Waals surface area contributed by atoms with E-state index in [1.165, 1.54) is 11.1 Å². The third-order valence-electron chi connectivity index (χ3n) is 9.28. The fourth-order valence-corrected chi connectivity index (χ4v) is 5.37. The van der Waals surface area contributed by atoms with Gasteiger partial charge in [-0.2, -0.15) is 5.10 Å². The number of aryl methyl sites for hydroxylation is 2. The molecule has 1 heterocycles. The number of methoxy groups -OCH3 is 1. The molecule has 0 unspecified atom stereocenters. The minimum absolute atomic E-state index is 0.0204. The zero-order chi connectivity index (χ0) is 32.8. The molecule has 0 saturated carbocycles. The minimum atomic E-state index is -0.149. The first-order chi connectivity index (χ1) is 21.4. The van der Waals surface area contributed by atoms with Crippen LogP contribution in [-0.2, 0) is 10.8 Å². The molecule has 0 aliphatic carbocycles. The highest BCUT2D eigenvalue weighted by atomic mass is 16.5. The number of unbranched alkanes of at least 4 members (excludes halogenated alkanes) is 1. The SMILES string of the molecule is CCC(C)(C)c1ccc(OCCCCNC(=O)c2cc(-c3ccc(OC)cc3)nn2-c2ccc(C)cc2C)c(C(C)(C)CC)c1. The van der Waals surface area contributed by atoms with E-state index in [1.54, 1.807) is 11.8 Å². The number of ether oxygens (including phenoxy) is 2. The van der Waals surface area contributed by atoms with Crippen LogP contribution < -0.4 is 14.8 Å². The quantitative estimate of drug-likeness (QED) is 0.145. The van der Waals surface area contributed by atoms with Gasteiger partial charge in [0.05, 0.1) is 25.1 Å². The van der Waals surface area contributed by atoms with E-state index in [0.29, 0.717) is 18.8 Å². The predicted molar refractivity (Wildman–Crippen MR) is 185 cm³/mol. The van der Waals surface area contributed by atoms with Gasteiger partial charge in [0.2, 0.25) is 0 Å². The first-order valence-corrected chi connectivity index (χ1v) is 16.3. The maximum absolute atomic E-state index is 13.5. The van der Waals surface area contributed by atoms with Crippen molar-refractivity contribution in [2.24, 2.45) is 0 Å². The Morgan fingerprint density at radius 3 is 2.22 bits per heavy atom. The molecule has 0 aliphatic rings. The fraction of sp³-hybridized carbons (Fsp3) is 0.436. The largest absolute Gasteiger partial charge is 0.497 e. The normalized spacial score (nSPS) is 11.8. The van der Waals surface area contributed by atoms with Crippen molar-refractivity contribution in [3.8, 4) is 28.4 Å². The number of nitrogens with zero attached hydrogens (tertiary/aromatic N) is 2. The van der Waals surface area contributed by atoms with Crippen molar-refractivity contribution >= 4 is 5.91 Å². The second-order valence-corrected chi connectivity index (χ2v) is 13.3. The Kier molecular flexibility index (Phi) is 10.8. The maximum atomic E-state index is 13.5. The van der Waals surface area contributed by atoms with Crippen LogP contribution in [0.4, 0.5) is 0 Å². The van der Waals surface area contributed by atoms with Crippen molar-refractivity contribution in [2.75, 3.05) is 20.3 Å². The van der Waals surface area contributed by atoms with Crippen molar-refractivity contribution < 1.29 is 14.3 Å². The number of amides is 1. The van der Waals surface area contributed by atoms with Gasteiger partial charge in [-0.1, -0.05) is 71.4 Å². The molecule has 0 spiro atoms. The van der Waals surface area contributed by atoms with Crippen LogP contribution in [0.25, 0.3) is 16.9 Å². The third kappa shape index (κ3) is 7.97. The van der Waals surface area contributed by atoms with Crippen molar-refractivity contribution in [3.05, 3.63) is 94.7 Å². The molecule has 0 radical (unpaired) electrons. The van der Waals surface area contributed by atoms with Crippen LogP contribution in [-0.4, -0.2) is 35.9 Å². The van der Waals surface area contributed by atoms with E-state index in [1.807, 2.05) is 49.4 Å². The molecular formula is C39H51N3O3. The lowest BCUT2D eigenvalue weighted by atomic mass is 9.76. The molecule has 45 heavy (non-hydrogen) atoms. The molecule has 6 heteroatoms. The molecular weight excluding hydrogens is 558 g/mol. The summed E-state index contributed by atoms with van der Waals surface area (Å²) in [4.78, 5) is 13.5. The zero-order valence-electron chi connectivity index (χ0n) is 28.7. The number of benzene rings is 3. The molecule has 4 rings (SSSR count). The summed E-state index contributed by atoms with van der Waals surface area (Å²) in [5.74, 6) is 1.59. The molecule has 240 valence electrons. The van der Waals surface area contributed by atoms with Gasteiger partial charge in [0.1, 0.15) is 17.2 Å². The van der Waals surface area contributed by atoms with Crippen molar-refractivity contribution in [1.82, 2.24) is 15.1 Å². The van der Waals surface area contributed by atoms with Gasteiger partial charge in [-0.15, -0.1) is 0 Å². The summed E-state index contributed by atoms with van der Waals surface area (Å²) < 4.78 is 13.4. The van der Waals surface area contributed by atoms with Gasteiger partial charge in [0.15, 0.2) is 0 Å². The van der Waals surface area contributed by atoms with Gasteiger partial charge in [-0.05, 0) is 104 Å². The van der Waals surface area contributed by atoms with E-state index in [9.17, 15) is 4.79 Å². The molecule has 3 aromatic carbocycles. The zero-order valence-corrected chi connectivity index (χ0v) is 28.7. The van der Waals surface area contributed by atoms with Crippen LogP contribution in [0, 0.1) is 13.8 Å². The maximum Gasteiger partial charge on any atom is 0.270 e. The second kappa shape index (κ2) is 14.4. The molecule has 1 amide bonds. The van der Waals surface area contributed by atoms with Gasteiger partial charge in [0.25, 0.3) is 5.91 Å². The molecule has 6 nitrogen and oxygen atoms in total. The van der Waals surface area contributed by atoms with E-state index in [2.05, 4.69) is 78.0 Å². The third-order valence-corrected chi connectivity index (χ3v) is 9.28. The molecule has 1 N–H and O–H groups in total. The Labute approximate surface area is 270 Å². The Morgan fingerprint density at radius 2 is 1.58 bits per heavy atom. The lowest BCUT2D eigenvalue weighted by Crippen LogP contribution is -2.27. The van der Waals surface area contributed by atoms with E-state index in [0.717, 1.165) is 65.3 Å². The van der Waals surface area contributed by atoms with Crippen molar-refractivity contribution in [1.29, 1.82) is 0 Å². The molecule has 0 bridgehead atoms. The average molecular weight is 610 g/mol. The van der Waals surface area contributed by atoms with Crippen molar-refractivity contribution in [3.63, 3.8) is 0 Å². The smallest absolute Gasteiger partial charge is 0.270 e. The lowest BCUT2D eigenvalue weighted by molar-refractivity contribution is 0.0944. The summed E-state index contributed by atoms with van der Waals surface area (Å²) in [5.41, 5.74) is 8.03. The highest BCUT2D eigenvalue weighted by Crippen LogP contribution is 2.38. The topological polar surface area (TPSA) is 65.4 Å². The van der Waals surface area contributed by atoms with E-state index < -0.39 is 0 Å². The number of rotatable bonds is 14. The highest BCUT2D eigenvalue weighted by molar-refractivity contribution is 5.94. The Balaban J connectivity index is 1.43. The molecule has 0 aliphatic heterocycles. The van der Waals surface area contributed by atoms with Crippen LogP contribution in [0.3, 0.4) is 0 Å². The van der Waals surface area contributed by atoms with Crippen LogP contribution >= 0.6 is 0 Å². The minimum Gasteiger partial charge on any atom is -0.497 e. The molecule has 0 fully saturated rings. The summed E-state index contributed by atoms with van der Waals surface area (Å²) in [6, 6.07) is 22.5. The monoisotopic (exact) mass is 609 g/mol. The summed E-state index contributed by atoms with van der Waals surface area (Å²) in [6.45, 7) is 18.9. The van der Waals surface area contributed by atoms with Gasteiger partial charge >= 0.3 is 0 Å². The molecule has 4 aromatic rings. The van der Waals surface area contributed by atoms with Crippen LogP contribution in [0.1, 0.15) is 100.0 Å². The summed E-state index contributed by atoms with van der Waals surface area (Å²) in [6.07, 6.45) is 3.76. The summed E-state index contributed by atoms with van der Waals surface area (Å²) in [7, 11) is 1.65. The van der Waals surface area contributed by atoms with Gasteiger partial charge in [-0.3, -0.25) is 4.79 Å². The Morgan fingerprint density at radius 1 is 0.867 bits per heavy atom. The van der Waals surface area contributed by atoms with E-state index in [4.69, 9.17) is 14.6 Å². The average Bonchev–Trinajstić information content (AvgIpc) is 3.48.